The number of aliphatic hydroxyl groups excluding tert-OH is 1. The summed E-state index contributed by atoms with van der Waals surface area (Å²) < 4.78 is 24.3. The Hall–Kier alpha value is -1.70. The molecule has 1 amide bonds. The molecule has 1 aromatic rings. The van der Waals surface area contributed by atoms with E-state index in [0.29, 0.717) is 38.2 Å². The van der Waals surface area contributed by atoms with Crippen molar-refractivity contribution in [2.24, 2.45) is 5.92 Å². The third kappa shape index (κ3) is 4.48. The maximum absolute atomic E-state index is 14.1. The van der Waals surface area contributed by atoms with E-state index in [2.05, 4.69) is 5.32 Å². The molecule has 0 bridgehead atoms. The second kappa shape index (κ2) is 8.12. The molecule has 1 aliphatic carbocycles. The van der Waals surface area contributed by atoms with Crippen LogP contribution in [0.1, 0.15) is 24.4 Å². The van der Waals surface area contributed by atoms with Crippen LogP contribution in [0.5, 0.6) is 5.75 Å². The van der Waals surface area contributed by atoms with Gasteiger partial charge >= 0.3 is 0 Å². The second-order valence-electron chi connectivity index (χ2n) is 6.71. The zero-order chi connectivity index (χ0) is 17.8. The molecule has 0 spiro atoms. The summed E-state index contributed by atoms with van der Waals surface area (Å²) >= 11 is 0. The van der Waals surface area contributed by atoms with Crippen molar-refractivity contribution in [3.05, 3.63) is 29.6 Å². The summed E-state index contributed by atoms with van der Waals surface area (Å²) in [4.78, 5) is 14.5. The number of hydrogen-bond acceptors (Lipinski definition) is 5. The summed E-state index contributed by atoms with van der Waals surface area (Å²) in [6.07, 6.45) is 0.874. The molecule has 25 heavy (non-hydrogen) atoms. The van der Waals surface area contributed by atoms with Gasteiger partial charge in [0.25, 0.3) is 0 Å². The highest BCUT2D eigenvalue weighted by Gasteiger charge is 2.36. The van der Waals surface area contributed by atoms with Gasteiger partial charge in [0.15, 0.2) is 11.6 Å². The van der Waals surface area contributed by atoms with Crippen LogP contribution < -0.4 is 10.1 Å². The summed E-state index contributed by atoms with van der Waals surface area (Å²) in [5.74, 6) is -0.260. The number of nitrogens with zero attached hydrogens (tertiary/aromatic N) is 1. The molecule has 1 saturated carbocycles. The van der Waals surface area contributed by atoms with E-state index < -0.39 is 5.82 Å². The first-order chi connectivity index (χ1) is 12.1. The van der Waals surface area contributed by atoms with E-state index in [1.165, 1.54) is 13.2 Å². The zero-order valence-electron chi connectivity index (χ0n) is 14.4. The number of carbonyl (C=O) groups is 1. The van der Waals surface area contributed by atoms with Gasteiger partial charge in [0.2, 0.25) is 5.91 Å². The number of ether oxygens (including phenoxy) is 2. The number of morpholine rings is 1. The van der Waals surface area contributed by atoms with Gasteiger partial charge in [-0.1, -0.05) is 6.07 Å². The van der Waals surface area contributed by atoms with Crippen molar-refractivity contribution in [1.29, 1.82) is 0 Å². The first kappa shape index (κ1) is 18.1. The Bertz CT molecular complexity index is 601. The Labute approximate surface area is 146 Å². The van der Waals surface area contributed by atoms with Gasteiger partial charge < -0.3 is 19.9 Å². The number of halogens is 1. The van der Waals surface area contributed by atoms with E-state index in [0.717, 1.165) is 13.1 Å². The van der Waals surface area contributed by atoms with E-state index >= 15 is 0 Å². The Balaban J connectivity index is 1.69. The lowest BCUT2D eigenvalue weighted by Crippen LogP contribution is -2.47. The molecular weight excluding hydrogens is 327 g/mol. The standard InChI is InChI=1S/C18H25FN2O4/c1-24-16-3-2-12(10-15(16)19)18(13-8-14(22)9-13)20-17(23)11-21-4-6-25-7-5-21/h2-3,10,13-14,18,22H,4-9,11H2,1H3,(H,20,23)/t13?,14?,18-/m1/s1. The van der Waals surface area contributed by atoms with Crippen molar-refractivity contribution in [2.75, 3.05) is 40.0 Å². The Morgan fingerprint density at radius 3 is 2.76 bits per heavy atom. The van der Waals surface area contributed by atoms with Crippen molar-refractivity contribution < 1.29 is 23.8 Å². The molecule has 1 heterocycles. The van der Waals surface area contributed by atoms with Gasteiger partial charge in [-0.3, -0.25) is 9.69 Å². The van der Waals surface area contributed by atoms with E-state index in [1.807, 2.05) is 4.90 Å². The molecule has 0 radical (unpaired) electrons. The number of amides is 1. The number of carbonyl (C=O) groups excluding carboxylic acids is 1. The topological polar surface area (TPSA) is 71.0 Å². The summed E-state index contributed by atoms with van der Waals surface area (Å²) in [7, 11) is 1.42. The van der Waals surface area contributed by atoms with Gasteiger partial charge in [-0.25, -0.2) is 4.39 Å². The van der Waals surface area contributed by atoms with E-state index in [9.17, 15) is 14.3 Å². The molecule has 2 N–H and O–H groups in total. The maximum atomic E-state index is 14.1. The fourth-order valence-corrected chi connectivity index (χ4v) is 3.43. The van der Waals surface area contributed by atoms with Gasteiger partial charge in [-0.15, -0.1) is 0 Å². The molecule has 1 aliphatic heterocycles. The van der Waals surface area contributed by atoms with Crippen LogP contribution in [0.4, 0.5) is 4.39 Å². The van der Waals surface area contributed by atoms with Gasteiger partial charge in [-0.05, 0) is 36.5 Å². The Kier molecular flexibility index (Phi) is 5.88. The van der Waals surface area contributed by atoms with Gasteiger partial charge in [0, 0.05) is 13.1 Å². The lowest BCUT2D eigenvalue weighted by atomic mass is 9.75. The van der Waals surface area contributed by atoms with Crippen LogP contribution in [-0.4, -0.2) is 62.0 Å². The summed E-state index contributed by atoms with van der Waals surface area (Å²) in [6.45, 7) is 3.03. The molecule has 6 nitrogen and oxygen atoms in total. The highest BCUT2D eigenvalue weighted by atomic mass is 19.1. The van der Waals surface area contributed by atoms with E-state index in [1.54, 1.807) is 12.1 Å². The molecule has 2 fully saturated rings. The molecule has 138 valence electrons. The molecule has 1 saturated heterocycles. The lowest BCUT2D eigenvalue weighted by Gasteiger charge is -2.38. The normalized spacial score (nSPS) is 25.1. The summed E-state index contributed by atoms with van der Waals surface area (Å²) in [5, 5.41) is 12.6. The summed E-state index contributed by atoms with van der Waals surface area (Å²) in [5.41, 5.74) is 0.700. The van der Waals surface area contributed by atoms with Crippen LogP contribution in [-0.2, 0) is 9.53 Å². The van der Waals surface area contributed by atoms with Crippen LogP contribution in [0.3, 0.4) is 0 Å². The minimum absolute atomic E-state index is 0.0930. The van der Waals surface area contributed by atoms with Crippen molar-refractivity contribution in [1.82, 2.24) is 10.2 Å². The molecule has 1 aromatic carbocycles. The van der Waals surface area contributed by atoms with Gasteiger partial charge in [-0.2, -0.15) is 0 Å². The Morgan fingerprint density at radius 1 is 1.44 bits per heavy atom. The molecule has 3 rings (SSSR count). The second-order valence-corrected chi connectivity index (χ2v) is 6.71. The van der Waals surface area contributed by atoms with Crippen LogP contribution in [0, 0.1) is 11.7 Å². The van der Waals surface area contributed by atoms with Crippen LogP contribution in [0.15, 0.2) is 18.2 Å². The van der Waals surface area contributed by atoms with Crippen LogP contribution >= 0.6 is 0 Å². The largest absolute Gasteiger partial charge is 0.494 e. The minimum Gasteiger partial charge on any atom is -0.494 e. The molecule has 7 heteroatoms. The molecule has 2 aliphatic rings. The number of benzene rings is 1. The monoisotopic (exact) mass is 352 g/mol. The van der Waals surface area contributed by atoms with Gasteiger partial charge in [0.05, 0.1) is 39.0 Å². The third-order valence-electron chi connectivity index (χ3n) is 4.94. The predicted molar refractivity (Wildman–Crippen MR) is 89.8 cm³/mol. The number of rotatable bonds is 6. The lowest BCUT2D eigenvalue weighted by molar-refractivity contribution is -0.125. The highest BCUT2D eigenvalue weighted by Crippen LogP contribution is 2.38. The van der Waals surface area contributed by atoms with Crippen LogP contribution in [0.2, 0.25) is 0 Å². The average molecular weight is 352 g/mol. The van der Waals surface area contributed by atoms with Crippen molar-refractivity contribution in [2.45, 2.75) is 25.0 Å². The number of nitrogens with one attached hydrogen (secondary N) is 1. The number of aliphatic hydroxyl groups is 1. The smallest absolute Gasteiger partial charge is 0.234 e. The van der Waals surface area contributed by atoms with Crippen LogP contribution in [0.25, 0.3) is 0 Å². The number of methoxy groups -OCH3 is 1. The fraction of sp³-hybridized carbons (Fsp3) is 0.611. The van der Waals surface area contributed by atoms with Crippen molar-refractivity contribution >= 4 is 5.91 Å². The predicted octanol–water partition coefficient (Wildman–Crippen LogP) is 1.09. The quantitative estimate of drug-likeness (QED) is 0.802. The maximum Gasteiger partial charge on any atom is 0.234 e. The van der Waals surface area contributed by atoms with Gasteiger partial charge in [0.1, 0.15) is 0 Å². The zero-order valence-corrected chi connectivity index (χ0v) is 14.4. The molecule has 1 atom stereocenters. The minimum atomic E-state index is -0.452. The van der Waals surface area contributed by atoms with Crippen molar-refractivity contribution in [3.8, 4) is 5.75 Å². The SMILES string of the molecule is COc1ccc([C@@H](NC(=O)CN2CCOCC2)C2CC(O)C2)cc1F. The number of hydrogen-bond donors (Lipinski definition) is 2. The van der Waals surface area contributed by atoms with Crippen molar-refractivity contribution in [3.63, 3.8) is 0 Å². The van der Waals surface area contributed by atoms with E-state index in [-0.39, 0.29) is 29.7 Å². The highest BCUT2D eigenvalue weighted by molar-refractivity contribution is 5.78. The van der Waals surface area contributed by atoms with E-state index in [4.69, 9.17) is 9.47 Å². The molecule has 0 aromatic heterocycles. The first-order valence-corrected chi connectivity index (χ1v) is 8.67. The Morgan fingerprint density at radius 2 is 2.16 bits per heavy atom. The molecule has 0 unspecified atom stereocenters. The average Bonchev–Trinajstić information content (AvgIpc) is 2.58. The first-order valence-electron chi connectivity index (χ1n) is 8.67. The third-order valence-corrected chi connectivity index (χ3v) is 4.94. The fourth-order valence-electron chi connectivity index (χ4n) is 3.43. The molecular formula is C18H25FN2O4. The summed E-state index contributed by atoms with van der Waals surface area (Å²) in [6, 6.07) is 4.44.